The number of benzene rings is 2. The van der Waals surface area contributed by atoms with Crippen LogP contribution in [0.3, 0.4) is 0 Å². The van der Waals surface area contributed by atoms with Crippen LogP contribution in [-0.4, -0.2) is 34.3 Å². The molecule has 9 heteroatoms. The molecule has 3 N–H and O–H groups in total. The number of amides is 2. The van der Waals surface area contributed by atoms with E-state index in [0.717, 1.165) is 40.0 Å². The van der Waals surface area contributed by atoms with Gasteiger partial charge in [-0.15, -0.1) is 10.2 Å². The van der Waals surface area contributed by atoms with Crippen molar-refractivity contribution in [2.45, 2.75) is 45.4 Å². The summed E-state index contributed by atoms with van der Waals surface area (Å²) in [5.74, 6) is -0.324. The smallest absolute Gasteiger partial charge is 0.243 e. The quantitative estimate of drug-likeness (QED) is 0.374. The van der Waals surface area contributed by atoms with Crippen molar-refractivity contribution in [3.05, 3.63) is 58.1 Å². The van der Waals surface area contributed by atoms with Gasteiger partial charge in [-0.25, -0.2) is 0 Å². The van der Waals surface area contributed by atoms with Crippen LogP contribution in [0, 0.1) is 27.7 Å². The number of thioether (sulfide) groups is 1. The Morgan fingerprint density at radius 1 is 0.970 bits per heavy atom. The SMILES string of the molecule is CCc1cccc(C)c1Nc1nnc(SCC(=O)NCC(=O)Nc2c(C)cc(C)cc2C)s1. The maximum atomic E-state index is 12.3. The van der Waals surface area contributed by atoms with E-state index in [9.17, 15) is 9.59 Å². The van der Waals surface area contributed by atoms with E-state index in [4.69, 9.17) is 0 Å². The maximum absolute atomic E-state index is 12.3. The minimum atomic E-state index is -0.254. The molecule has 0 aliphatic carbocycles. The third kappa shape index (κ3) is 6.79. The average Bonchev–Trinajstić information content (AvgIpc) is 3.22. The van der Waals surface area contributed by atoms with Crippen LogP contribution in [0.25, 0.3) is 0 Å². The van der Waals surface area contributed by atoms with Gasteiger partial charge in [0.15, 0.2) is 4.34 Å². The van der Waals surface area contributed by atoms with Crippen LogP contribution in [0.15, 0.2) is 34.7 Å². The Hall–Kier alpha value is -2.91. The number of rotatable bonds is 9. The van der Waals surface area contributed by atoms with E-state index in [1.165, 1.54) is 28.7 Å². The van der Waals surface area contributed by atoms with Crippen LogP contribution in [0.5, 0.6) is 0 Å². The lowest BCUT2D eigenvalue weighted by atomic mass is 10.1. The summed E-state index contributed by atoms with van der Waals surface area (Å²) in [5, 5.41) is 17.9. The Bertz CT molecular complexity index is 1140. The number of hydrogen-bond donors (Lipinski definition) is 3. The summed E-state index contributed by atoms with van der Waals surface area (Å²) in [5.41, 5.74) is 7.35. The highest BCUT2D eigenvalue weighted by Gasteiger charge is 2.13. The molecule has 2 amide bonds. The normalized spacial score (nSPS) is 10.7. The summed E-state index contributed by atoms with van der Waals surface area (Å²) in [6.07, 6.45) is 0.918. The first kappa shape index (κ1) is 24.7. The Morgan fingerprint density at radius 2 is 1.70 bits per heavy atom. The number of carbonyl (C=O) groups is 2. The van der Waals surface area contributed by atoms with Gasteiger partial charge in [-0.2, -0.15) is 0 Å². The van der Waals surface area contributed by atoms with Gasteiger partial charge in [0.1, 0.15) is 0 Å². The lowest BCUT2D eigenvalue weighted by molar-refractivity contribution is -0.122. The van der Waals surface area contributed by atoms with E-state index < -0.39 is 0 Å². The summed E-state index contributed by atoms with van der Waals surface area (Å²) in [7, 11) is 0. The van der Waals surface area contributed by atoms with E-state index in [2.05, 4.69) is 52.1 Å². The minimum absolute atomic E-state index is 0.0812. The summed E-state index contributed by atoms with van der Waals surface area (Å²) in [6.45, 7) is 10.0. The largest absolute Gasteiger partial charge is 0.346 e. The fourth-order valence-electron chi connectivity index (χ4n) is 3.55. The topological polar surface area (TPSA) is 96.0 Å². The van der Waals surface area contributed by atoms with Crippen LogP contribution in [0.2, 0.25) is 0 Å². The lowest BCUT2D eigenvalue weighted by Crippen LogP contribution is -2.34. The highest BCUT2D eigenvalue weighted by atomic mass is 32.2. The zero-order valence-electron chi connectivity index (χ0n) is 19.5. The zero-order chi connectivity index (χ0) is 24.0. The van der Waals surface area contributed by atoms with Gasteiger partial charge in [0.05, 0.1) is 12.3 Å². The van der Waals surface area contributed by atoms with Crippen molar-refractivity contribution in [2.75, 3.05) is 22.9 Å². The number of anilines is 3. The first-order valence-electron chi connectivity index (χ1n) is 10.7. The summed E-state index contributed by atoms with van der Waals surface area (Å²) >= 11 is 2.70. The fourth-order valence-corrected chi connectivity index (χ4v) is 5.13. The Balaban J connectivity index is 1.47. The van der Waals surface area contributed by atoms with Crippen molar-refractivity contribution in [2.24, 2.45) is 0 Å². The molecule has 0 saturated heterocycles. The minimum Gasteiger partial charge on any atom is -0.346 e. The molecule has 0 aliphatic rings. The van der Waals surface area contributed by atoms with Gasteiger partial charge in [0.25, 0.3) is 0 Å². The van der Waals surface area contributed by atoms with Crippen LogP contribution < -0.4 is 16.0 Å². The highest BCUT2D eigenvalue weighted by Crippen LogP contribution is 2.30. The maximum Gasteiger partial charge on any atom is 0.243 e. The van der Waals surface area contributed by atoms with E-state index in [1.807, 2.05) is 39.0 Å². The molecule has 0 atom stereocenters. The van der Waals surface area contributed by atoms with Crippen molar-refractivity contribution >= 4 is 51.4 Å². The molecule has 2 aromatic carbocycles. The second kappa shape index (κ2) is 11.3. The van der Waals surface area contributed by atoms with E-state index in [-0.39, 0.29) is 24.1 Å². The van der Waals surface area contributed by atoms with Crippen LogP contribution >= 0.6 is 23.1 Å². The lowest BCUT2D eigenvalue weighted by Gasteiger charge is -2.13. The van der Waals surface area contributed by atoms with Gasteiger partial charge in [0.2, 0.25) is 16.9 Å². The molecule has 0 unspecified atom stereocenters. The fraction of sp³-hybridized carbons (Fsp3) is 0.333. The predicted molar refractivity (Wildman–Crippen MR) is 137 cm³/mol. The molecular weight excluding hydrogens is 454 g/mol. The number of aryl methyl sites for hydroxylation is 5. The number of carbonyl (C=O) groups excluding carboxylic acids is 2. The van der Waals surface area contributed by atoms with Crippen LogP contribution in [0.1, 0.15) is 34.7 Å². The highest BCUT2D eigenvalue weighted by molar-refractivity contribution is 8.01. The van der Waals surface area contributed by atoms with Crippen molar-refractivity contribution in [3.63, 3.8) is 0 Å². The molecule has 174 valence electrons. The van der Waals surface area contributed by atoms with Crippen molar-refractivity contribution in [1.82, 2.24) is 15.5 Å². The Morgan fingerprint density at radius 3 is 2.39 bits per heavy atom. The molecular formula is C24H29N5O2S2. The summed E-state index contributed by atoms with van der Waals surface area (Å²) in [4.78, 5) is 24.5. The first-order chi connectivity index (χ1) is 15.8. The second-order valence-electron chi connectivity index (χ2n) is 7.85. The van der Waals surface area contributed by atoms with Crippen LogP contribution in [0.4, 0.5) is 16.5 Å². The van der Waals surface area contributed by atoms with E-state index in [0.29, 0.717) is 9.47 Å². The molecule has 3 aromatic rings. The van der Waals surface area contributed by atoms with Gasteiger partial charge in [-0.3, -0.25) is 9.59 Å². The number of hydrogen-bond acceptors (Lipinski definition) is 7. The van der Waals surface area contributed by atoms with Crippen molar-refractivity contribution in [3.8, 4) is 0 Å². The first-order valence-corrected chi connectivity index (χ1v) is 12.5. The molecule has 0 bridgehead atoms. The van der Waals surface area contributed by atoms with E-state index >= 15 is 0 Å². The summed E-state index contributed by atoms with van der Waals surface area (Å²) < 4.78 is 0.689. The third-order valence-corrected chi connectivity index (χ3v) is 7.06. The monoisotopic (exact) mass is 483 g/mol. The van der Waals surface area contributed by atoms with Gasteiger partial charge in [-0.1, -0.05) is 65.9 Å². The number of para-hydroxylation sites is 1. The number of nitrogens with one attached hydrogen (secondary N) is 3. The van der Waals surface area contributed by atoms with Crippen LogP contribution in [-0.2, 0) is 16.0 Å². The van der Waals surface area contributed by atoms with E-state index in [1.54, 1.807) is 0 Å². The summed E-state index contributed by atoms with van der Waals surface area (Å²) in [6, 6.07) is 10.2. The Kier molecular flexibility index (Phi) is 8.46. The molecule has 1 aromatic heterocycles. The molecule has 0 radical (unpaired) electrons. The van der Waals surface area contributed by atoms with Gasteiger partial charge >= 0.3 is 0 Å². The molecule has 1 heterocycles. The molecule has 0 spiro atoms. The molecule has 3 rings (SSSR count). The van der Waals surface area contributed by atoms with Gasteiger partial charge in [0, 0.05) is 11.4 Å². The standard InChI is InChI=1S/C24H29N5O2S2/c1-6-18-9-7-8-15(3)22(18)27-23-28-29-24(33-23)32-13-20(31)25-12-19(30)26-21-16(4)10-14(2)11-17(21)5/h7-11H,6,12-13H2,1-5H3,(H,25,31)(H,26,30)(H,27,28). The molecule has 33 heavy (non-hydrogen) atoms. The molecule has 0 aliphatic heterocycles. The van der Waals surface area contributed by atoms with Crippen molar-refractivity contribution < 1.29 is 9.59 Å². The molecule has 0 fully saturated rings. The average molecular weight is 484 g/mol. The van der Waals surface area contributed by atoms with Gasteiger partial charge in [-0.05, 0) is 56.4 Å². The van der Waals surface area contributed by atoms with Crippen molar-refractivity contribution in [1.29, 1.82) is 0 Å². The van der Waals surface area contributed by atoms with Gasteiger partial charge < -0.3 is 16.0 Å². The third-order valence-electron chi connectivity index (χ3n) is 5.09. The molecule has 7 nitrogen and oxygen atoms in total. The zero-order valence-corrected chi connectivity index (χ0v) is 21.2. The predicted octanol–water partition coefficient (Wildman–Crippen LogP) is 4.92. The number of aromatic nitrogens is 2. The Labute approximate surface area is 202 Å². The number of nitrogens with zero attached hydrogens (tertiary/aromatic N) is 2. The molecule has 0 saturated carbocycles. The second-order valence-corrected chi connectivity index (χ2v) is 10.0.